The van der Waals surface area contributed by atoms with E-state index in [9.17, 15) is 9.59 Å². The van der Waals surface area contributed by atoms with Gasteiger partial charge in [0.1, 0.15) is 0 Å². The third-order valence-corrected chi connectivity index (χ3v) is 2.52. The highest BCUT2D eigenvalue weighted by Crippen LogP contribution is 2.23. The van der Waals surface area contributed by atoms with E-state index >= 15 is 0 Å². The molecular weight excluding hydrogens is 168 g/mol. The van der Waals surface area contributed by atoms with Gasteiger partial charge in [-0.05, 0) is 33.7 Å². The van der Waals surface area contributed by atoms with E-state index in [4.69, 9.17) is 0 Å². The number of hydrogen-bond donors (Lipinski definition) is 0. The van der Waals surface area contributed by atoms with Crippen LogP contribution >= 0.6 is 21.6 Å². The molecule has 0 saturated heterocycles. The molecule has 0 bridgehead atoms. The predicted octanol–water partition coefficient (Wildman–Crippen LogP) is 1.79. The van der Waals surface area contributed by atoms with Crippen LogP contribution in [0.2, 0.25) is 0 Å². The summed E-state index contributed by atoms with van der Waals surface area (Å²) in [5, 5.41) is -0.444. The molecule has 0 spiro atoms. The molecule has 0 amide bonds. The number of rotatable bonds is 2. The van der Waals surface area contributed by atoms with Crippen LogP contribution in [0.5, 0.6) is 0 Å². The summed E-state index contributed by atoms with van der Waals surface area (Å²) in [5.41, 5.74) is 0. The molecule has 10 heavy (non-hydrogen) atoms. The minimum absolute atomic E-state index is 0.222. The van der Waals surface area contributed by atoms with Gasteiger partial charge in [-0.2, -0.15) is 0 Å². The van der Waals surface area contributed by atoms with Crippen molar-refractivity contribution in [2.24, 2.45) is 0 Å². The van der Waals surface area contributed by atoms with Crippen molar-refractivity contribution in [1.29, 1.82) is 0 Å². The maximum atomic E-state index is 10.5. The highest BCUT2D eigenvalue weighted by atomic mass is 33.1. The summed E-state index contributed by atoms with van der Waals surface area (Å²) in [6.07, 6.45) is 2.32. The minimum Gasteiger partial charge on any atom is -0.281 e. The summed E-state index contributed by atoms with van der Waals surface area (Å²) in [5.74, 6) is 0. The smallest absolute Gasteiger partial charge is 0.222 e. The second-order valence-corrected chi connectivity index (χ2v) is 3.35. The Kier molecular flexibility index (Phi) is 5.06. The molecule has 4 heteroatoms. The van der Waals surface area contributed by atoms with Crippen molar-refractivity contribution in [2.75, 3.05) is 0 Å². The van der Waals surface area contributed by atoms with Crippen LogP contribution in [0.4, 0.5) is 0 Å². The van der Waals surface area contributed by atoms with Gasteiger partial charge in [0, 0.05) is 0 Å². The number of carbonyl (C=O) groups is 2. The maximum Gasteiger partial charge on any atom is 0.222 e. The van der Waals surface area contributed by atoms with Crippen LogP contribution in [-0.4, -0.2) is 10.2 Å². The molecule has 0 heterocycles. The summed E-state index contributed by atoms with van der Waals surface area (Å²) < 4.78 is 0. The molecule has 0 fully saturated rings. The van der Waals surface area contributed by atoms with Crippen molar-refractivity contribution in [2.45, 2.75) is 0 Å². The van der Waals surface area contributed by atoms with Crippen molar-refractivity contribution >= 4 is 31.8 Å². The van der Waals surface area contributed by atoms with Crippen LogP contribution in [0.3, 0.4) is 0 Å². The highest BCUT2D eigenvalue weighted by Gasteiger charge is 2.00. The van der Waals surface area contributed by atoms with E-state index in [0.29, 0.717) is 0 Å². The van der Waals surface area contributed by atoms with E-state index in [1.165, 1.54) is 0 Å². The zero-order valence-corrected chi connectivity index (χ0v) is 6.83. The van der Waals surface area contributed by atoms with Gasteiger partial charge in [0.05, 0.1) is 0 Å². The Morgan fingerprint density at radius 2 is 1.30 bits per heavy atom. The Balaban J connectivity index is 3.54. The molecule has 0 N–H and O–H groups in total. The highest BCUT2D eigenvalue weighted by molar-refractivity contribution is 8.87. The van der Waals surface area contributed by atoms with Gasteiger partial charge in [-0.3, -0.25) is 9.59 Å². The first-order valence-corrected chi connectivity index (χ1v) is 4.53. The quantitative estimate of drug-likeness (QED) is 0.472. The Morgan fingerprint density at radius 1 is 1.00 bits per heavy atom. The van der Waals surface area contributed by atoms with Crippen molar-refractivity contribution in [3.05, 3.63) is 25.3 Å². The van der Waals surface area contributed by atoms with Crippen molar-refractivity contribution in [3.8, 4) is 0 Å². The predicted molar refractivity (Wildman–Crippen MR) is 45.6 cm³/mol. The van der Waals surface area contributed by atoms with Crippen molar-refractivity contribution in [1.82, 2.24) is 0 Å². The summed E-state index contributed by atoms with van der Waals surface area (Å²) in [7, 11) is 1.70. The standard InChI is InChI=1S/C6H6O2S2/c1-3-5(7)9-10-6(8)4-2/h3-4H,1-2H2. The lowest BCUT2D eigenvalue weighted by Crippen LogP contribution is -1.83. The first-order valence-electron chi connectivity index (χ1n) is 2.38. The van der Waals surface area contributed by atoms with Crippen LogP contribution in [0, 0.1) is 0 Å². The number of carbonyl (C=O) groups excluding carboxylic acids is 2. The van der Waals surface area contributed by atoms with Gasteiger partial charge in [0.25, 0.3) is 0 Å². The first kappa shape index (κ1) is 9.52. The lowest BCUT2D eigenvalue weighted by Gasteiger charge is -1.87. The molecule has 0 aliphatic heterocycles. The van der Waals surface area contributed by atoms with Gasteiger partial charge in [0.2, 0.25) is 10.2 Å². The molecule has 0 atom stereocenters. The Labute approximate surface area is 67.2 Å². The number of hydrogen-bond acceptors (Lipinski definition) is 4. The summed E-state index contributed by atoms with van der Waals surface area (Å²) in [4.78, 5) is 20.9. The molecule has 0 aliphatic rings. The average molecular weight is 174 g/mol. The van der Waals surface area contributed by atoms with Crippen LogP contribution in [0.1, 0.15) is 0 Å². The Morgan fingerprint density at radius 3 is 1.50 bits per heavy atom. The van der Waals surface area contributed by atoms with Gasteiger partial charge in [-0.25, -0.2) is 0 Å². The third-order valence-electron chi connectivity index (χ3n) is 0.539. The molecule has 54 valence electrons. The largest absolute Gasteiger partial charge is 0.281 e. The van der Waals surface area contributed by atoms with Gasteiger partial charge in [0.15, 0.2) is 0 Å². The maximum absolute atomic E-state index is 10.5. The lowest BCUT2D eigenvalue weighted by atomic mass is 10.7. The minimum atomic E-state index is -0.222. The fourth-order valence-corrected chi connectivity index (χ4v) is 1.35. The second-order valence-electron chi connectivity index (χ2n) is 1.21. The molecule has 0 aromatic heterocycles. The Hall–Kier alpha value is -0.480. The van der Waals surface area contributed by atoms with Crippen LogP contribution in [0.15, 0.2) is 25.3 Å². The van der Waals surface area contributed by atoms with E-state index in [-0.39, 0.29) is 10.2 Å². The fourth-order valence-electron chi connectivity index (χ4n) is 0.150. The molecule has 0 rings (SSSR count). The van der Waals surface area contributed by atoms with Crippen molar-refractivity contribution < 1.29 is 9.59 Å². The molecule has 0 aromatic rings. The topological polar surface area (TPSA) is 34.1 Å². The van der Waals surface area contributed by atoms with Crippen LogP contribution < -0.4 is 0 Å². The molecular formula is C6H6O2S2. The van der Waals surface area contributed by atoms with E-state index < -0.39 is 0 Å². The summed E-state index contributed by atoms with van der Waals surface area (Å²) in [6.45, 7) is 6.49. The van der Waals surface area contributed by atoms with E-state index in [1.807, 2.05) is 0 Å². The van der Waals surface area contributed by atoms with Crippen LogP contribution in [0.25, 0.3) is 0 Å². The zero-order chi connectivity index (χ0) is 7.98. The summed E-state index contributed by atoms with van der Waals surface area (Å²) >= 11 is 0. The molecule has 0 unspecified atom stereocenters. The van der Waals surface area contributed by atoms with E-state index in [0.717, 1.165) is 33.7 Å². The normalized spacial score (nSPS) is 8.40. The van der Waals surface area contributed by atoms with Gasteiger partial charge < -0.3 is 0 Å². The molecule has 0 aliphatic carbocycles. The molecule has 0 saturated carbocycles. The summed E-state index contributed by atoms with van der Waals surface area (Å²) in [6, 6.07) is 0. The van der Waals surface area contributed by atoms with Gasteiger partial charge in [-0.15, -0.1) is 0 Å². The van der Waals surface area contributed by atoms with Gasteiger partial charge >= 0.3 is 0 Å². The van der Waals surface area contributed by atoms with E-state index in [1.54, 1.807) is 0 Å². The third kappa shape index (κ3) is 4.40. The zero-order valence-electron chi connectivity index (χ0n) is 5.20. The van der Waals surface area contributed by atoms with Gasteiger partial charge in [-0.1, -0.05) is 13.2 Å². The first-order chi connectivity index (χ1) is 4.70. The van der Waals surface area contributed by atoms with Crippen LogP contribution in [-0.2, 0) is 9.59 Å². The fraction of sp³-hybridized carbons (Fsp3) is 0. The SMILES string of the molecule is C=CC(=O)SSC(=O)C=C. The molecule has 0 aromatic carbocycles. The van der Waals surface area contributed by atoms with E-state index in [2.05, 4.69) is 13.2 Å². The lowest BCUT2D eigenvalue weighted by molar-refractivity contribution is -0.108. The Bertz CT molecular complexity index is 155. The molecule has 2 nitrogen and oxygen atoms in total. The second kappa shape index (κ2) is 5.32. The molecule has 0 radical (unpaired) electrons. The van der Waals surface area contributed by atoms with Crippen molar-refractivity contribution in [3.63, 3.8) is 0 Å². The monoisotopic (exact) mass is 174 g/mol. The average Bonchev–Trinajstić information content (AvgIpc) is 1.99.